The lowest BCUT2D eigenvalue weighted by molar-refractivity contribution is 0.274. The Bertz CT molecular complexity index is 955. The highest BCUT2D eigenvalue weighted by atomic mass is 32.2. The van der Waals surface area contributed by atoms with Crippen LogP contribution in [0.4, 0.5) is 0 Å². The summed E-state index contributed by atoms with van der Waals surface area (Å²) >= 11 is 0. The third-order valence-electron chi connectivity index (χ3n) is 3.88. The molecule has 7 heteroatoms. The molecule has 0 aliphatic rings. The number of hydrogen-bond acceptors (Lipinski definition) is 6. The third-order valence-corrected chi connectivity index (χ3v) is 5.63. The molecular weight excluding hydrogens is 364 g/mol. The predicted octanol–water partition coefficient (Wildman–Crippen LogP) is 3.72. The molecule has 0 unspecified atom stereocenters. The van der Waals surface area contributed by atoms with Crippen LogP contribution in [0, 0.1) is 36.5 Å². The van der Waals surface area contributed by atoms with Crippen molar-refractivity contribution in [2.45, 2.75) is 49.7 Å². The fraction of sp³-hybridized carbons (Fsp3) is 0.300. The average molecular weight is 384 g/mol. The monoisotopic (exact) mass is 384 g/mol. The minimum atomic E-state index is -3.73. The van der Waals surface area contributed by atoms with Crippen molar-refractivity contribution in [2.24, 2.45) is 0 Å². The molecule has 0 radical (unpaired) electrons. The Morgan fingerprint density at radius 1 is 0.815 bits per heavy atom. The molecule has 2 atom stereocenters. The predicted molar refractivity (Wildman–Crippen MR) is 99.2 cm³/mol. The molecule has 0 saturated carbocycles. The lowest BCUT2D eigenvalue weighted by atomic mass is 10.2. The smallest absolute Gasteiger partial charge is 0.206 e. The zero-order valence-corrected chi connectivity index (χ0v) is 16.4. The molecule has 0 bridgehead atoms. The van der Waals surface area contributed by atoms with Crippen molar-refractivity contribution in [1.29, 1.82) is 10.5 Å². The van der Waals surface area contributed by atoms with Gasteiger partial charge in [0.25, 0.3) is 0 Å². The highest BCUT2D eigenvalue weighted by Gasteiger charge is 2.20. The Labute approximate surface area is 159 Å². The van der Waals surface area contributed by atoms with Crippen LogP contribution in [0.1, 0.15) is 25.0 Å². The number of nitrogens with zero attached hydrogens (tertiary/aromatic N) is 2. The number of nitriles is 2. The van der Waals surface area contributed by atoms with Gasteiger partial charge in [0, 0.05) is 0 Å². The molecule has 2 rings (SSSR count). The van der Waals surface area contributed by atoms with E-state index in [1.54, 1.807) is 39.8 Å². The quantitative estimate of drug-likeness (QED) is 0.752. The molecule has 0 fully saturated rings. The normalized spacial score (nSPS) is 13.1. The molecule has 0 N–H and O–H groups in total. The van der Waals surface area contributed by atoms with E-state index in [9.17, 15) is 8.42 Å². The summed E-state index contributed by atoms with van der Waals surface area (Å²) in [6.45, 7) is 6.68. The van der Waals surface area contributed by atoms with Crippen molar-refractivity contribution in [1.82, 2.24) is 0 Å². The first-order valence-corrected chi connectivity index (χ1v) is 9.76. The minimum absolute atomic E-state index is 0.135. The van der Waals surface area contributed by atoms with Crippen LogP contribution < -0.4 is 9.47 Å². The van der Waals surface area contributed by atoms with Gasteiger partial charge in [-0.2, -0.15) is 10.5 Å². The Balaban J connectivity index is 2.36. The maximum atomic E-state index is 12.9. The fourth-order valence-corrected chi connectivity index (χ4v) is 3.84. The van der Waals surface area contributed by atoms with Gasteiger partial charge in [-0.15, -0.1) is 0 Å². The zero-order valence-electron chi connectivity index (χ0n) is 15.6. The summed E-state index contributed by atoms with van der Waals surface area (Å²) in [5.74, 6) is 0.932. The molecule has 0 spiro atoms. The molecule has 0 heterocycles. The number of hydrogen-bond donors (Lipinski definition) is 0. The molecule has 0 aliphatic carbocycles. The van der Waals surface area contributed by atoms with Crippen LogP contribution in [0.15, 0.2) is 46.2 Å². The molecule has 6 nitrogen and oxygen atoms in total. The second kappa shape index (κ2) is 8.11. The summed E-state index contributed by atoms with van der Waals surface area (Å²) in [5.41, 5.74) is 1.25. The summed E-state index contributed by atoms with van der Waals surface area (Å²) in [4.78, 5) is 0.269. The van der Waals surface area contributed by atoms with Gasteiger partial charge in [-0.05, 0) is 75.2 Å². The van der Waals surface area contributed by atoms with Crippen LogP contribution in [0.25, 0.3) is 0 Å². The highest BCUT2D eigenvalue weighted by molar-refractivity contribution is 7.91. The van der Waals surface area contributed by atoms with E-state index in [-0.39, 0.29) is 9.79 Å². The maximum Gasteiger partial charge on any atom is 0.206 e. The van der Waals surface area contributed by atoms with Crippen molar-refractivity contribution >= 4 is 9.84 Å². The first-order valence-electron chi connectivity index (χ1n) is 8.28. The molecule has 140 valence electrons. The number of benzene rings is 2. The second-order valence-corrected chi connectivity index (χ2v) is 8.09. The summed E-state index contributed by atoms with van der Waals surface area (Å²) in [6, 6.07) is 13.0. The summed E-state index contributed by atoms with van der Waals surface area (Å²) in [5, 5.41) is 17.7. The zero-order chi connectivity index (χ0) is 20.2. The third kappa shape index (κ3) is 4.58. The van der Waals surface area contributed by atoms with Crippen LogP contribution in [0.2, 0.25) is 0 Å². The van der Waals surface area contributed by atoms with Crippen molar-refractivity contribution in [3.63, 3.8) is 0 Å². The first kappa shape index (κ1) is 20.3. The van der Waals surface area contributed by atoms with E-state index in [0.717, 1.165) is 0 Å². The van der Waals surface area contributed by atoms with Gasteiger partial charge in [-0.3, -0.25) is 0 Å². The first-order chi connectivity index (χ1) is 12.7. The summed E-state index contributed by atoms with van der Waals surface area (Å²) in [7, 11) is -3.73. The Morgan fingerprint density at radius 3 is 1.48 bits per heavy atom. The van der Waals surface area contributed by atoms with Gasteiger partial charge in [0.1, 0.15) is 23.6 Å². The Kier molecular flexibility index (Phi) is 6.09. The Morgan fingerprint density at radius 2 is 1.19 bits per heavy atom. The van der Waals surface area contributed by atoms with E-state index in [2.05, 4.69) is 0 Å². The molecule has 2 aromatic carbocycles. The van der Waals surface area contributed by atoms with Gasteiger partial charge in [-0.1, -0.05) is 0 Å². The highest BCUT2D eigenvalue weighted by Crippen LogP contribution is 2.29. The van der Waals surface area contributed by atoms with Crippen molar-refractivity contribution in [3.8, 4) is 23.6 Å². The van der Waals surface area contributed by atoms with E-state index in [4.69, 9.17) is 20.0 Å². The van der Waals surface area contributed by atoms with Crippen molar-refractivity contribution in [3.05, 3.63) is 47.5 Å². The van der Waals surface area contributed by atoms with Gasteiger partial charge in [-0.25, -0.2) is 8.42 Å². The van der Waals surface area contributed by atoms with E-state index >= 15 is 0 Å². The molecule has 0 aliphatic heterocycles. The van der Waals surface area contributed by atoms with Crippen LogP contribution in [0.5, 0.6) is 11.5 Å². The summed E-state index contributed by atoms with van der Waals surface area (Å²) in [6.07, 6.45) is -1.26. The number of sulfone groups is 1. The van der Waals surface area contributed by atoms with E-state index in [0.29, 0.717) is 22.6 Å². The van der Waals surface area contributed by atoms with Gasteiger partial charge in [0.2, 0.25) is 9.84 Å². The average Bonchev–Trinajstić information content (AvgIpc) is 2.64. The van der Waals surface area contributed by atoms with E-state index < -0.39 is 22.0 Å². The molecule has 0 amide bonds. The molecule has 2 aromatic rings. The van der Waals surface area contributed by atoms with Crippen LogP contribution in [-0.2, 0) is 9.84 Å². The van der Waals surface area contributed by atoms with Crippen LogP contribution >= 0.6 is 0 Å². The number of rotatable bonds is 6. The summed E-state index contributed by atoms with van der Waals surface area (Å²) < 4.78 is 36.8. The standard InChI is InChI=1S/C20H20N2O4S/c1-13-9-17(5-7-19(13)25-15(3)11-21)27(23,24)18-6-8-20(14(2)10-18)26-16(4)12-22/h5-10,15-16H,1-4H3/t15-,16+. The van der Waals surface area contributed by atoms with Gasteiger partial charge >= 0.3 is 0 Å². The van der Waals surface area contributed by atoms with Gasteiger partial charge in [0.05, 0.1) is 9.79 Å². The molecule has 0 aromatic heterocycles. The van der Waals surface area contributed by atoms with E-state index in [1.807, 2.05) is 12.1 Å². The lowest BCUT2D eigenvalue weighted by Crippen LogP contribution is -2.10. The number of aryl methyl sites for hydroxylation is 2. The Hall–Kier alpha value is -3.03. The second-order valence-electron chi connectivity index (χ2n) is 6.14. The number of ether oxygens (including phenoxy) is 2. The topological polar surface area (TPSA) is 100 Å². The van der Waals surface area contributed by atoms with Crippen molar-refractivity contribution < 1.29 is 17.9 Å². The molecule has 27 heavy (non-hydrogen) atoms. The van der Waals surface area contributed by atoms with Crippen LogP contribution in [0.3, 0.4) is 0 Å². The molecular formula is C20H20N2O4S. The lowest BCUT2D eigenvalue weighted by Gasteiger charge is -2.14. The maximum absolute atomic E-state index is 12.9. The van der Waals surface area contributed by atoms with Gasteiger partial charge in [0.15, 0.2) is 12.2 Å². The minimum Gasteiger partial charge on any atom is -0.476 e. The van der Waals surface area contributed by atoms with Crippen LogP contribution in [-0.4, -0.2) is 20.6 Å². The molecule has 0 saturated heterocycles. The SMILES string of the molecule is Cc1cc(S(=O)(=O)c2ccc(O[C@@H](C)C#N)c(C)c2)ccc1O[C@H](C)C#N. The largest absolute Gasteiger partial charge is 0.476 e. The van der Waals surface area contributed by atoms with Crippen molar-refractivity contribution in [2.75, 3.05) is 0 Å². The van der Waals surface area contributed by atoms with E-state index in [1.165, 1.54) is 24.3 Å². The van der Waals surface area contributed by atoms with Gasteiger partial charge < -0.3 is 9.47 Å². The fourth-order valence-electron chi connectivity index (χ4n) is 2.41.